The van der Waals surface area contributed by atoms with E-state index in [0.29, 0.717) is 20.9 Å². The lowest BCUT2D eigenvalue weighted by molar-refractivity contribution is -0.116. The van der Waals surface area contributed by atoms with E-state index in [9.17, 15) is 14.4 Å². The van der Waals surface area contributed by atoms with Gasteiger partial charge in [0, 0.05) is 22.7 Å². The molecule has 0 fully saturated rings. The zero-order valence-corrected chi connectivity index (χ0v) is 18.1. The molecular weight excluding hydrogens is 426 g/mol. The summed E-state index contributed by atoms with van der Waals surface area (Å²) in [5.41, 5.74) is 0.790. The number of ether oxygens (including phenoxy) is 1. The number of halogens is 1. The Bertz CT molecular complexity index is 1230. The van der Waals surface area contributed by atoms with E-state index >= 15 is 0 Å². The molecule has 9 heteroatoms. The van der Waals surface area contributed by atoms with Crippen LogP contribution in [0, 0.1) is 0 Å². The number of aromatic nitrogens is 2. The number of anilines is 1. The second kappa shape index (κ2) is 8.75. The van der Waals surface area contributed by atoms with Crippen LogP contribution in [-0.2, 0) is 35.5 Å². The standard InChI is InChI=1S/C21H22ClN3O4S/c1-29-10-9-24-19(27)18-15-7-2-3-8-16(15)30-20(18)25(21(24)28)12-17(26)23-14-6-4-5-13(22)11-14/h4-6,11H,2-3,7-10,12H2,1H3,(H,23,26). The summed E-state index contributed by atoms with van der Waals surface area (Å²) in [6.45, 7) is 0.195. The van der Waals surface area contributed by atoms with Crippen LogP contribution in [0.5, 0.6) is 0 Å². The van der Waals surface area contributed by atoms with Gasteiger partial charge in [-0.3, -0.25) is 18.7 Å². The fraction of sp³-hybridized carbons (Fsp3) is 0.381. The van der Waals surface area contributed by atoms with Crippen molar-refractivity contribution in [2.24, 2.45) is 0 Å². The van der Waals surface area contributed by atoms with Crippen LogP contribution in [0.1, 0.15) is 23.3 Å². The number of hydrogen-bond donors (Lipinski definition) is 1. The number of benzene rings is 1. The fourth-order valence-electron chi connectivity index (χ4n) is 3.85. The van der Waals surface area contributed by atoms with Gasteiger partial charge in [-0.15, -0.1) is 11.3 Å². The Morgan fingerprint density at radius 3 is 2.80 bits per heavy atom. The predicted octanol–water partition coefficient (Wildman–Crippen LogP) is 3.04. The summed E-state index contributed by atoms with van der Waals surface area (Å²) in [5.74, 6) is -0.357. The molecule has 0 unspecified atom stereocenters. The molecule has 1 amide bonds. The quantitative estimate of drug-likeness (QED) is 0.629. The number of aryl methyl sites for hydroxylation is 2. The highest BCUT2D eigenvalue weighted by molar-refractivity contribution is 7.18. The van der Waals surface area contributed by atoms with Crippen molar-refractivity contribution >= 4 is 44.7 Å². The summed E-state index contributed by atoms with van der Waals surface area (Å²) in [7, 11) is 1.52. The average Bonchev–Trinajstić information content (AvgIpc) is 3.11. The average molecular weight is 448 g/mol. The van der Waals surface area contributed by atoms with Crippen LogP contribution in [0.25, 0.3) is 10.2 Å². The van der Waals surface area contributed by atoms with E-state index in [1.54, 1.807) is 24.3 Å². The number of carbonyl (C=O) groups excluding carboxylic acids is 1. The zero-order valence-electron chi connectivity index (χ0n) is 16.6. The molecule has 0 saturated carbocycles. The largest absolute Gasteiger partial charge is 0.383 e. The second-order valence-electron chi connectivity index (χ2n) is 7.27. The molecule has 4 rings (SSSR count). The SMILES string of the molecule is COCCn1c(=O)c2c3c(sc2n(CC(=O)Nc2cccc(Cl)c2)c1=O)CCCC3. The van der Waals surface area contributed by atoms with Crippen LogP contribution >= 0.6 is 22.9 Å². The Morgan fingerprint density at radius 2 is 2.03 bits per heavy atom. The molecule has 1 N–H and O–H groups in total. The lowest BCUT2D eigenvalue weighted by Gasteiger charge is -2.13. The summed E-state index contributed by atoms with van der Waals surface area (Å²) < 4.78 is 7.67. The highest BCUT2D eigenvalue weighted by Crippen LogP contribution is 2.34. The Morgan fingerprint density at radius 1 is 1.23 bits per heavy atom. The number of carbonyl (C=O) groups is 1. The van der Waals surface area contributed by atoms with Crippen LogP contribution in [0.2, 0.25) is 5.02 Å². The maximum atomic E-state index is 13.1. The summed E-state index contributed by atoms with van der Waals surface area (Å²) in [6.07, 6.45) is 3.80. The van der Waals surface area contributed by atoms with Crippen LogP contribution in [0.15, 0.2) is 33.9 Å². The lowest BCUT2D eigenvalue weighted by atomic mass is 9.97. The minimum atomic E-state index is -0.496. The van der Waals surface area contributed by atoms with Crippen LogP contribution in [-0.4, -0.2) is 28.8 Å². The maximum absolute atomic E-state index is 13.1. The van der Waals surface area contributed by atoms with Crippen LogP contribution in [0.4, 0.5) is 5.69 Å². The first-order valence-electron chi connectivity index (χ1n) is 9.82. The highest BCUT2D eigenvalue weighted by atomic mass is 35.5. The van der Waals surface area contributed by atoms with Crippen molar-refractivity contribution in [2.75, 3.05) is 19.0 Å². The summed E-state index contributed by atoms with van der Waals surface area (Å²) >= 11 is 7.44. The molecule has 2 heterocycles. The van der Waals surface area contributed by atoms with Crippen molar-refractivity contribution in [3.05, 3.63) is 60.6 Å². The van der Waals surface area contributed by atoms with Crippen molar-refractivity contribution in [1.29, 1.82) is 0 Å². The number of hydrogen-bond acceptors (Lipinski definition) is 5. The molecule has 2 aromatic heterocycles. The van der Waals surface area contributed by atoms with Gasteiger partial charge in [-0.1, -0.05) is 17.7 Å². The molecule has 0 spiro atoms. The Labute approximate surface area is 181 Å². The monoisotopic (exact) mass is 447 g/mol. The molecule has 0 atom stereocenters. The first kappa shape index (κ1) is 20.8. The van der Waals surface area contributed by atoms with Crippen LogP contribution in [0.3, 0.4) is 0 Å². The summed E-state index contributed by atoms with van der Waals surface area (Å²) in [5, 5.41) is 3.85. The molecule has 0 aliphatic heterocycles. The van der Waals surface area contributed by atoms with Gasteiger partial charge in [0.1, 0.15) is 11.4 Å². The smallest absolute Gasteiger partial charge is 0.332 e. The molecule has 30 heavy (non-hydrogen) atoms. The molecule has 0 bridgehead atoms. The molecule has 158 valence electrons. The number of methoxy groups -OCH3 is 1. The number of thiophene rings is 1. The van der Waals surface area contributed by atoms with Gasteiger partial charge in [0.25, 0.3) is 5.56 Å². The van der Waals surface area contributed by atoms with Gasteiger partial charge in [-0.25, -0.2) is 4.79 Å². The Balaban J connectivity index is 1.79. The third-order valence-electron chi connectivity index (χ3n) is 5.25. The predicted molar refractivity (Wildman–Crippen MR) is 119 cm³/mol. The van der Waals surface area contributed by atoms with Gasteiger partial charge in [0.15, 0.2) is 0 Å². The Hall–Kier alpha value is -2.42. The van der Waals surface area contributed by atoms with E-state index in [2.05, 4.69) is 5.32 Å². The van der Waals surface area contributed by atoms with Crippen LogP contribution < -0.4 is 16.6 Å². The third-order valence-corrected chi connectivity index (χ3v) is 6.80. The first-order chi connectivity index (χ1) is 14.5. The van der Waals surface area contributed by atoms with E-state index < -0.39 is 5.69 Å². The van der Waals surface area contributed by atoms with Gasteiger partial charge in [0.2, 0.25) is 5.91 Å². The minimum absolute atomic E-state index is 0.143. The first-order valence-corrected chi connectivity index (χ1v) is 11.0. The van der Waals surface area contributed by atoms with Crippen molar-refractivity contribution in [2.45, 2.75) is 38.8 Å². The number of fused-ring (bicyclic) bond motifs is 3. The molecule has 3 aromatic rings. The van der Waals surface area contributed by atoms with Gasteiger partial charge >= 0.3 is 5.69 Å². The van der Waals surface area contributed by atoms with Crippen molar-refractivity contribution in [3.63, 3.8) is 0 Å². The van der Waals surface area contributed by atoms with Gasteiger partial charge in [-0.05, 0) is 49.4 Å². The number of nitrogens with one attached hydrogen (secondary N) is 1. The number of amides is 1. The molecular formula is C21H22ClN3O4S. The molecule has 0 radical (unpaired) electrons. The lowest BCUT2D eigenvalue weighted by Crippen LogP contribution is -2.42. The maximum Gasteiger partial charge on any atom is 0.332 e. The van der Waals surface area contributed by atoms with Gasteiger partial charge < -0.3 is 10.1 Å². The molecule has 0 saturated heterocycles. The fourth-order valence-corrected chi connectivity index (χ4v) is 5.41. The third kappa shape index (κ3) is 3.95. The van der Waals surface area contributed by atoms with Crippen molar-refractivity contribution < 1.29 is 9.53 Å². The van der Waals surface area contributed by atoms with Crippen molar-refractivity contribution in [1.82, 2.24) is 9.13 Å². The van der Waals surface area contributed by atoms with E-state index in [0.717, 1.165) is 36.1 Å². The van der Waals surface area contributed by atoms with E-state index in [1.807, 2.05) is 0 Å². The number of nitrogens with zero attached hydrogens (tertiary/aromatic N) is 2. The van der Waals surface area contributed by atoms with Gasteiger partial charge in [-0.2, -0.15) is 0 Å². The molecule has 1 aromatic carbocycles. The van der Waals surface area contributed by atoms with E-state index in [-0.39, 0.29) is 31.2 Å². The van der Waals surface area contributed by atoms with E-state index in [4.69, 9.17) is 16.3 Å². The molecule has 7 nitrogen and oxygen atoms in total. The minimum Gasteiger partial charge on any atom is -0.383 e. The number of rotatable bonds is 6. The normalized spacial score (nSPS) is 13.4. The topological polar surface area (TPSA) is 82.3 Å². The summed E-state index contributed by atoms with van der Waals surface area (Å²) in [4.78, 5) is 40.7. The van der Waals surface area contributed by atoms with Gasteiger partial charge in [0.05, 0.1) is 18.5 Å². The highest BCUT2D eigenvalue weighted by Gasteiger charge is 2.24. The summed E-state index contributed by atoms with van der Waals surface area (Å²) in [6, 6.07) is 6.82. The molecule has 1 aliphatic rings. The Kier molecular flexibility index (Phi) is 6.08. The van der Waals surface area contributed by atoms with E-state index in [1.165, 1.54) is 27.6 Å². The zero-order chi connectivity index (χ0) is 21.3. The second-order valence-corrected chi connectivity index (χ2v) is 8.79. The molecule has 1 aliphatic carbocycles. The van der Waals surface area contributed by atoms with Crippen molar-refractivity contribution in [3.8, 4) is 0 Å².